The molecular weight excluding hydrogens is 345 g/mol. The number of hydrogen-bond donors (Lipinski definition) is 0. The number of hydrogen-bond acceptors (Lipinski definition) is 4. The third kappa shape index (κ3) is 3.88. The van der Waals surface area contributed by atoms with Crippen LogP contribution in [0, 0.1) is 6.92 Å². The number of benzene rings is 2. The summed E-state index contributed by atoms with van der Waals surface area (Å²) in [5, 5.41) is 7.86. The Bertz CT molecular complexity index is 956. The van der Waals surface area contributed by atoms with Crippen LogP contribution in [0.1, 0.15) is 21.6 Å². The molecule has 0 bridgehead atoms. The third-order valence-electron chi connectivity index (χ3n) is 3.59. The summed E-state index contributed by atoms with van der Waals surface area (Å²) in [6.45, 7) is 1.68. The first-order valence-corrected chi connectivity index (χ1v) is 7.62. The maximum absolute atomic E-state index is 13.0. The van der Waals surface area contributed by atoms with Gasteiger partial charge in [-0.2, -0.15) is 18.3 Å². The number of nitrogens with zero attached hydrogens (tertiary/aromatic N) is 2. The van der Waals surface area contributed by atoms with Crippen molar-refractivity contribution in [1.82, 2.24) is 10.2 Å². The largest absolute Gasteiger partial charge is 0.437 e. The van der Waals surface area contributed by atoms with E-state index in [9.17, 15) is 18.0 Å². The molecule has 0 aliphatic rings. The molecule has 0 saturated carbocycles. The Kier molecular flexibility index (Phi) is 4.71. The lowest BCUT2D eigenvalue weighted by atomic mass is 10.0. The van der Waals surface area contributed by atoms with Gasteiger partial charge in [-0.1, -0.05) is 24.3 Å². The maximum Gasteiger partial charge on any atom is 0.416 e. The summed E-state index contributed by atoms with van der Waals surface area (Å²) in [4.78, 5) is 10.9. The van der Waals surface area contributed by atoms with Gasteiger partial charge in [-0.25, -0.2) is 0 Å². The van der Waals surface area contributed by atoms with Crippen LogP contribution < -0.4 is 4.74 Å². The molecule has 0 fully saturated rings. The molecule has 0 spiro atoms. The quantitative estimate of drug-likeness (QED) is 0.611. The summed E-state index contributed by atoms with van der Waals surface area (Å²) in [7, 11) is 0. The number of halogens is 3. The van der Waals surface area contributed by atoms with Gasteiger partial charge in [0.15, 0.2) is 0 Å². The first kappa shape index (κ1) is 17.6. The van der Waals surface area contributed by atoms with Gasteiger partial charge in [-0.15, -0.1) is 5.10 Å². The van der Waals surface area contributed by atoms with Crippen LogP contribution >= 0.6 is 0 Å². The molecular formula is C19H13F3N2O2. The lowest BCUT2D eigenvalue weighted by Gasteiger charge is -2.12. The highest BCUT2D eigenvalue weighted by Gasteiger charge is 2.30. The average molecular weight is 358 g/mol. The molecule has 0 aliphatic carbocycles. The predicted octanol–water partition coefficient (Wildman–Crippen LogP) is 5.08. The molecule has 7 heteroatoms. The van der Waals surface area contributed by atoms with Crippen LogP contribution in [0.3, 0.4) is 0 Å². The zero-order valence-corrected chi connectivity index (χ0v) is 13.6. The van der Waals surface area contributed by atoms with Crippen molar-refractivity contribution in [3.05, 3.63) is 71.4 Å². The normalized spacial score (nSPS) is 11.2. The topological polar surface area (TPSA) is 52.1 Å². The molecule has 0 radical (unpaired) electrons. The van der Waals surface area contributed by atoms with E-state index >= 15 is 0 Å². The van der Waals surface area contributed by atoms with Crippen molar-refractivity contribution in [2.75, 3.05) is 0 Å². The predicted molar refractivity (Wildman–Crippen MR) is 89.1 cm³/mol. The summed E-state index contributed by atoms with van der Waals surface area (Å²) in [6.07, 6.45) is -3.79. The molecule has 0 amide bonds. The van der Waals surface area contributed by atoms with Gasteiger partial charge in [-0.05, 0) is 42.8 Å². The lowest BCUT2D eigenvalue weighted by Crippen LogP contribution is -2.05. The fourth-order valence-electron chi connectivity index (χ4n) is 2.39. The molecule has 3 aromatic rings. The van der Waals surface area contributed by atoms with Crippen LogP contribution in [-0.4, -0.2) is 16.5 Å². The Morgan fingerprint density at radius 2 is 1.77 bits per heavy atom. The standard InChI is InChI=1S/C19H13F3N2O2/c1-12-8-17(14-5-3-6-15(10-14)19(20,21)22)18(24-23-12)26-16-7-2-4-13(9-16)11-25/h2-11H,1H3. The second kappa shape index (κ2) is 6.95. The SMILES string of the molecule is Cc1cc(-c2cccc(C(F)(F)F)c2)c(Oc2cccc(C=O)c2)nn1. The van der Waals surface area contributed by atoms with Crippen molar-refractivity contribution >= 4 is 6.29 Å². The molecule has 4 nitrogen and oxygen atoms in total. The van der Waals surface area contributed by atoms with Crippen molar-refractivity contribution < 1.29 is 22.7 Å². The Labute approximate surface area is 147 Å². The summed E-state index contributed by atoms with van der Waals surface area (Å²) in [5.74, 6) is 0.388. The van der Waals surface area contributed by atoms with E-state index in [0.29, 0.717) is 34.4 Å². The zero-order chi connectivity index (χ0) is 18.7. The molecule has 1 aromatic heterocycles. The molecule has 132 valence electrons. The summed E-state index contributed by atoms with van der Waals surface area (Å²) >= 11 is 0. The van der Waals surface area contributed by atoms with Crippen LogP contribution in [0.25, 0.3) is 11.1 Å². The number of aldehydes is 1. The highest BCUT2D eigenvalue weighted by atomic mass is 19.4. The highest BCUT2D eigenvalue weighted by Crippen LogP contribution is 2.36. The average Bonchev–Trinajstić information content (AvgIpc) is 2.63. The van der Waals surface area contributed by atoms with Gasteiger partial charge >= 0.3 is 6.18 Å². The van der Waals surface area contributed by atoms with E-state index in [2.05, 4.69) is 10.2 Å². The van der Waals surface area contributed by atoms with Gasteiger partial charge in [0.2, 0.25) is 5.88 Å². The highest BCUT2D eigenvalue weighted by molar-refractivity contribution is 5.75. The fraction of sp³-hybridized carbons (Fsp3) is 0.105. The molecule has 3 rings (SSSR count). The molecule has 2 aromatic carbocycles. The number of carbonyl (C=O) groups is 1. The number of aryl methyl sites for hydroxylation is 1. The summed E-state index contributed by atoms with van der Waals surface area (Å²) < 4.78 is 44.7. The minimum atomic E-state index is -4.45. The van der Waals surface area contributed by atoms with E-state index in [1.54, 1.807) is 37.3 Å². The van der Waals surface area contributed by atoms with E-state index in [-0.39, 0.29) is 5.88 Å². The van der Waals surface area contributed by atoms with Crippen LogP contribution in [0.5, 0.6) is 11.6 Å². The first-order chi connectivity index (χ1) is 12.4. The Morgan fingerprint density at radius 3 is 2.50 bits per heavy atom. The first-order valence-electron chi connectivity index (χ1n) is 7.62. The zero-order valence-electron chi connectivity index (χ0n) is 13.6. The number of rotatable bonds is 4. The lowest BCUT2D eigenvalue weighted by molar-refractivity contribution is -0.137. The van der Waals surface area contributed by atoms with Gasteiger partial charge in [0.25, 0.3) is 0 Å². The van der Waals surface area contributed by atoms with Crippen molar-refractivity contribution in [1.29, 1.82) is 0 Å². The van der Waals surface area contributed by atoms with Crippen molar-refractivity contribution in [2.24, 2.45) is 0 Å². The minimum Gasteiger partial charge on any atom is -0.437 e. The van der Waals surface area contributed by atoms with Crippen LogP contribution in [0.15, 0.2) is 54.6 Å². The number of aromatic nitrogens is 2. The monoisotopic (exact) mass is 358 g/mol. The summed E-state index contributed by atoms with van der Waals surface area (Å²) in [5.41, 5.74) is 0.854. The van der Waals surface area contributed by atoms with Crippen molar-refractivity contribution in [3.8, 4) is 22.8 Å². The smallest absolute Gasteiger partial charge is 0.416 e. The molecule has 1 heterocycles. The van der Waals surface area contributed by atoms with Crippen LogP contribution in [-0.2, 0) is 6.18 Å². The minimum absolute atomic E-state index is 0.0537. The number of carbonyl (C=O) groups excluding carboxylic acids is 1. The van der Waals surface area contributed by atoms with E-state index in [1.807, 2.05) is 0 Å². The number of alkyl halides is 3. The van der Waals surface area contributed by atoms with Crippen LogP contribution in [0.2, 0.25) is 0 Å². The molecule has 0 saturated heterocycles. The third-order valence-corrected chi connectivity index (χ3v) is 3.59. The van der Waals surface area contributed by atoms with Gasteiger partial charge in [-0.3, -0.25) is 4.79 Å². The van der Waals surface area contributed by atoms with Gasteiger partial charge in [0.1, 0.15) is 12.0 Å². The van der Waals surface area contributed by atoms with Crippen molar-refractivity contribution in [2.45, 2.75) is 13.1 Å². The molecule has 0 aliphatic heterocycles. The maximum atomic E-state index is 13.0. The van der Waals surface area contributed by atoms with Crippen molar-refractivity contribution in [3.63, 3.8) is 0 Å². The van der Waals surface area contributed by atoms with Crippen LogP contribution in [0.4, 0.5) is 13.2 Å². The fourth-order valence-corrected chi connectivity index (χ4v) is 2.39. The summed E-state index contributed by atoms with van der Waals surface area (Å²) in [6, 6.07) is 12.9. The van der Waals surface area contributed by atoms with Gasteiger partial charge < -0.3 is 4.74 Å². The number of ether oxygens (including phenoxy) is 1. The molecule has 0 N–H and O–H groups in total. The second-order valence-electron chi connectivity index (χ2n) is 5.58. The molecule has 26 heavy (non-hydrogen) atoms. The molecule has 0 unspecified atom stereocenters. The second-order valence-corrected chi connectivity index (χ2v) is 5.58. The Balaban J connectivity index is 2.05. The Hall–Kier alpha value is -3.22. The van der Waals surface area contributed by atoms with Gasteiger partial charge in [0, 0.05) is 11.1 Å². The molecule has 0 atom stereocenters. The van der Waals surface area contributed by atoms with E-state index in [1.165, 1.54) is 12.1 Å². The van der Waals surface area contributed by atoms with Gasteiger partial charge in [0.05, 0.1) is 11.3 Å². The van der Waals surface area contributed by atoms with E-state index in [0.717, 1.165) is 12.1 Å². The van der Waals surface area contributed by atoms with E-state index < -0.39 is 11.7 Å². The van der Waals surface area contributed by atoms with E-state index in [4.69, 9.17) is 4.74 Å². The Morgan fingerprint density at radius 1 is 1.00 bits per heavy atom.